The summed E-state index contributed by atoms with van der Waals surface area (Å²) in [6, 6.07) is 2.17. The zero-order valence-electron chi connectivity index (χ0n) is 8.62. The SMILES string of the molecule is Cc1cncc(C(CN)C(C)C)c1. The lowest BCUT2D eigenvalue weighted by molar-refractivity contribution is 0.505. The number of aromatic nitrogens is 1. The average Bonchev–Trinajstić information content (AvgIpc) is 2.04. The van der Waals surface area contributed by atoms with Gasteiger partial charge in [0, 0.05) is 12.4 Å². The molecular formula is C11H18N2. The Bertz CT molecular complexity index is 269. The van der Waals surface area contributed by atoms with E-state index in [2.05, 4.69) is 31.8 Å². The predicted octanol–water partition coefficient (Wildman–Crippen LogP) is 2.09. The first-order chi connectivity index (χ1) is 6.15. The van der Waals surface area contributed by atoms with Crippen molar-refractivity contribution in [3.05, 3.63) is 29.6 Å². The fourth-order valence-corrected chi connectivity index (χ4v) is 1.57. The maximum absolute atomic E-state index is 5.73. The van der Waals surface area contributed by atoms with E-state index in [4.69, 9.17) is 5.73 Å². The van der Waals surface area contributed by atoms with Crippen molar-refractivity contribution in [3.63, 3.8) is 0 Å². The minimum absolute atomic E-state index is 0.437. The quantitative estimate of drug-likeness (QED) is 0.769. The van der Waals surface area contributed by atoms with Crippen molar-refractivity contribution in [2.24, 2.45) is 11.7 Å². The minimum atomic E-state index is 0.437. The van der Waals surface area contributed by atoms with Gasteiger partial charge >= 0.3 is 0 Å². The number of pyridine rings is 1. The van der Waals surface area contributed by atoms with Crippen LogP contribution in [0.15, 0.2) is 18.5 Å². The summed E-state index contributed by atoms with van der Waals surface area (Å²) >= 11 is 0. The lowest BCUT2D eigenvalue weighted by Crippen LogP contribution is -2.18. The van der Waals surface area contributed by atoms with Gasteiger partial charge < -0.3 is 5.73 Å². The fraction of sp³-hybridized carbons (Fsp3) is 0.545. The smallest absolute Gasteiger partial charge is 0.0303 e. The highest BCUT2D eigenvalue weighted by Crippen LogP contribution is 2.22. The van der Waals surface area contributed by atoms with Gasteiger partial charge in [-0.15, -0.1) is 0 Å². The molecule has 0 bridgehead atoms. The van der Waals surface area contributed by atoms with Crippen molar-refractivity contribution >= 4 is 0 Å². The molecule has 0 aliphatic carbocycles. The zero-order chi connectivity index (χ0) is 9.84. The summed E-state index contributed by atoms with van der Waals surface area (Å²) in [4.78, 5) is 4.18. The van der Waals surface area contributed by atoms with E-state index in [1.54, 1.807) is 0 Å². The highest BCUT2D eigenvalue weighted by Gasteiger charge is 2.13. The maximum Gasteiger partial charge on any atom is 0.0303 e. The summed E-state index contributed by atoms with van der Waals surface area (Å²) < 4.78 is 0. The first kappa shape index (κ1) is 10.2. The van der Waals surface area contributed by atoms with Gasteiger partial charge in [0.1, 0.15) is 0 Å². The van der Waals surface area contributed by atoms with E-state index in [0.29, 0.717) is 18.4 Å². The molecule has 0 aliphatic rings. The number of rotatable bonds is 3. The van der Waals surface area contributed by atoms with Crippen LogP contribution in [0.2, 0.25) is 0 Å². The molecule has 1 atom stereocenters. The molecule has 2 nitrogen and oxygen atoms in total. The van der Waals surface area contributed by atoms with Crippen LogP contribution in [0.25, 0.3) is 0 Å². The van der Waals surface area contributed by atoms with Crippen LogP contribution >= 0.6 is 0 Å². The van der Waals surface area contributed by atoms with Gasteiger partial charge in [0.25, 0.3) is 0 Å². The van der Waals surface area contributed by atoms with E-state index in [1.165, 1.54) is 11.1 Å². The Morgan fingerprint density at radius 2 is 2.08 bits per heavy atom. The number of aryl methyl sites for hydroxylation is 1. The number of hydrogen-bond donors (Lipinski definition) is 1. The lowest BCUT2D eigenvalue weighted by Gasteiger charge is -2.18. The number of hydrogen-bond acceptors (Lipinski definition) is 2. The van der Waals surface area contributed by atoms with Gasteiger partial charge in [0.05, 0.1) is 0 Å². The van der Waals surface area contributed by atoms with Crippen molar-refractivity contribution < 1.29 is 0 Å². The van der Waals surface area contributed by atoms with E-state index in [9.17, 15) is 0 Å². The lowest BCUT2D eigenvalue weighted by atomic mass is 9.89. The van der Waals surface area contributed by atoms with E-state index >= 15 is 0 Å². The van der Waals surface area contributed by atoms with Gasteiger partial charge in [0.15, 0.2) is 0 Å². The van der Waals surface area contributed by atoms with Gasteiger partial charge in [-0.2, -0.15) is 0 Å². The number of nitrogens with two attached hydrogens (primary N) is 1. The van der Waals surface area contributed by atoms with Gasteiger partial charge in [-0.25, -0.2) is 0 Å². The molecule has 1 rings (SSSR count). The summed E-state index contributed by atoms with van der Waals surface area (Å²) in [6.07, 6.45) is 3.79. The van der Waals surface area contributed by atoms with E-state index < -0.39 is 0 Å². The molecule has 0 radical (unpaired) electrons. The molecule has 1 heterocycles. The molecule has 0 aliphatic heterocycles. The van der Waals surface area contributed by atoms with Crippen LogP contribution in [-0.2, 0) is 0 Å². The molecule has 2 heteroatoms. The molecule has 0 spiro atoms. The van der Waals surface area contributed by atoms with E-state index in [1.807, 2.05) is 12.4 Å². The molecule has 0 saturated carbocycles. The molecule has 2 N–H and O–H groups in total. The normalized spacial score (nSPS) is 13.3. The monoisotopic (exact) mass is 178 g/mol. The Hall–Kier alpha value is -0.890. The van der Waals surface area contributed by atoms with Crippen LogP contribution in [-0.4, -0.2) is 11.5 Å². The number of nitrogens with zero attached hydrogens (tertiary/aromatic N) is 1. The summed E-state index contributed by atoms with van der Waals surface area (Å²) in [5.41, 5.74) is 8.19. The van der Waals surface area contributed by atoms with Crippen LogP contribution in [0.3, 0.4) is 0 Å². The molecular weight excluding hydrogens is 160 g/mol. The van der Waals surface area contributed by atoms with Gasteiger partial charge in [-0.3, -0.25) is 4.98 Å². The predicted molar refractivity (Wildman–Crippen MR) is 55.6 cm³/mol. The Kier molecular flexibility index (Phi) is 3.43. The van der Waals surface area contributed by atoms with Crippen molar-refractivity contribution in [2.75, 3.05) is 6.54 Å². The molecule has 1 aromatic heterocycles. The van der Waals surface area contributed by atoms with Crippen molar-refractivity contribution in [2.45, 2.75) is 26.7 Å². The summed E-state index contributed by atoms with van der Waals surface area (Å²) in [6.45, 7) is 7.15. The third-order valence-corrected chi connectivity index (χ3v) is 2.38. The third-order valence-electron chi connectivity index (χ3n) is 2.38. The minimum Gasteiger partial charge on any atom is -0.330 e. The second-order valence-corrected chi connectivity index (χ2v) is 3.88. The summed E-state index contributed by atoms with van der Waals surface area (Å²) in [5.74, 6) is 1.01. The van der Waals surface area contributed by atoms with Crippen LogP contribution in [0, 0.1) is 12.8 Å². The molecule has 1 aromatic rings. The fourth-order valence-electron chi connectivity index (χ4n) is 1.57. The average molecular weight is 178 g/mol. The Morgan fingerprint density at radius 1 is 1.38 bits per heavy atom. The van der Waals surface area contributed by atoms with Crippen molar-refractivity contribution in [3.8, 4) is 0 Å². The highest BCUT2D eigenvalue weighted by molar-refractivity contribution is 5.21. The zero-order valence-corrected chi connectivity index (χ0v) is 8.62. The molecule has 13 heavy (non-hydrogen) atoms. The largest absolute Gasteiger partial charge is 0.330 e. The van der Waals surface area contributed by atoms with Crippen molar-refractivity contribution in [1.29, 1.82) is 0 Å². The molecule has 72 valence electrons. The van der Waals surface area contributed by atoms with E-state index in [-0.39, 0.29) is 0 Å². The highest BCUT2D eigenvalue weighted by atomic mass is 14.6. The first-order valence-electron chi connectivity index (χ1n) is 4.76. The Balaban J connectivity index is 2.91. The third kappa shape index (κ3) is 2.52. The van der Waals surface area contributed by atoms with Gasteiger partial charge in [-0.1, -0.05) is 19.9 Å². The molecule has 0 amide bonds. The van der Waals surface area contributed by atoms with Crippen molar-refractivity contribution in [1.82, 2.24) is 4.98 Å². The van der Waals surface area contributed by atoms with E-state index in [0.717, 1.165) is 0 Å². The standard InChI is InChI=1S/C11H18N2/c1-8(2)11(5-12)10-4-9(3)6-13-7-10/h4,6-8,11H,5,12H2,1-3H3. The maximum atomic E-state index is 5.73. The second-order valence-electron chi connectivity index (χ2n) is 3.88. The van der Waals surface area contributed by atoms with Crippen LogP contribution in [0.4, 0.5) is 0 Å². The molecule has 0 fully saturated rings. The summed E-state index contributed by atoms with van der Waals surface area (Å²) in [5, 5.41) is 0. The molecule has 1 unspecified atom stereocenters. The molecule has 0 saturated heterocycles. The van der Waals surface area contributed by atoms with Crippen LogP contribution < -0.4 is 5.73 Å². The van der Waals surface area contributed by atoms with Crippen LogP contribution in [0.1, 0.15) is 30.9 Å². The summed E-state index contributed by atoms with van der Waals surface area (Å²) in [7, 11) is 0. The van der Waals surface area contributed by atoms with Gasteiger partial charge in [-0.05, 0) is 36.4 Å². The second kappa shape index (κ2) is 4.38. The Morgan fingerprint density at radius 3 is 2.54 bits per heavy atom. The van der Waals surface area contributed by atoms with Gasteiger partial charge in [0.2, 0.25) is 0 Å². The Labute approximate surface area is 80.2 Å². The van der Waals surface area contributed by atoms with Crippen LogP contribution in [0.5, 0.6) is 0 Å². The first-order valence-corrected chi connectivity index (χ1v) is 4.76. The molecule has 0 aromatic carbocycles. The topological polar surface area (TPSA) is 38.9 Å².